The van der Waals surface area contributed by atoms with E-state index < -0.39 is 0 Å². The molecule has 1 amide bonds. The second-order valence-electron chi connectivity index (χ2n) is 8.45. The molecule has 3 rings (SSSR count). The predicted molar refractivity (Wildman–Crippen MR) is 114 cm³/mol. The third-order valence-electron chi connectivity index (χ3n) is 6.30. The molecule has 0 N–H and O–H groups in total. The number of hydrogen-bond donors (Lipinski definition) is 0. The van der Waals surface area contributed by atoms with Crippen molar-refractivity contribution >= 4 is 5.91 Å². The van der Waals surface area contributed by atoms with Crippen LogP contribution in [-0.2, 0) is 11.3 Å². The maximum atomic E-state index is 12.4. The summed E-state index contributed by atoms with van der Waals surface area (Å²) in [4.78, 5) is 19.5. The van der Waals surface area contributed by atoms with Crippen molar-refractivity contribution in [3.63, 3.8) is 0 Å². The molecule has 0 radical (unpaired) electrons. The Kier molecular flexibility index (Phi) is 7.74. The number of nitrogens with zero attached hydrogens (tertiary/aromatic N) is 3. The summed E-state index contributed by atoms with van der Waals surface area (Å²) in [5.41, 5.74) is 2.50. The van der Waals surface area contributed by atoms with Gasteiger partial charge < -0.3 is 14.5 Å². The summed E-state index contributed by atoms with van der Waals surface area (Å²) in [7, 11) is 1.72. The van der Waals surface area contributed by atoms with Gasteiger partial charge in [-0.2, -0.15) is 0 Å². The van der Waals surface area contributed by atoms with Gasteiger partial charge in [0, 0.05) is 39.1 Å². The molecule has 2 aliphatic rings. The smallest absolute Gasteiger partial charge is 0.219 e. The predicted octanol–water partition coefficient (Wildman–Crippen LogP) is 3.30. The lowest BCUT2D eigenvalue weighted by Gasteiger charge is -2.40. The normalized spacial score (nSPS) is 21.5. The highest BCUT2D eigenvalue weighted by molar-refractivity contribution is 5.73. The van der Waals surface area contributed by atoms with Crippen molar-refractivity contribution in [3.8, 4) is 5.75 Å². The Morgan fingerprint density at radius 1 is 1.14 bits per heavy atom. The molecule has 1 aromatic rings. The van der Waals surface area contributed by atoms with Gasteiger partial charge in [-0.1, -0.05) is 18.6 Å². The average Bonchev–Trinajstić information content (AvgIpc) is 2.69. The van der Waals surface area contributed by atoms with Gasteiger partial charge >= 0.3 is 0 Å². The van der Waals surface area contributed by atoms with E-state index in [-0.39, 0.29) is 5.91 Å². The van der Waals surface area contributed by atoms with Crippen LogP contribution in [0.15, 0.2) is 18.2 Å². The Morgan fingerprint density at radius 2 is 1.89 bits per heavy atom. The fourth-order valence-corrected chi connectivity index (χ4v) is 4.76. The fraction of sp³-hybridized carbons (Fsp3) is 0.696. The second kappa shape index (κ2) is 10.3. The number of piperidine rings is 2. The van der Waals surface area contributed by atoms with E-state index in [1.165, 1.54) is 43.5 Å². The zero-order valence-electron chi connectivity index (χ0n) is 18.0. The molecule has 28 heavy (non-hydrogen) atoms. The van der Waals surface area contributed by atoms with Crippen LogP contribution in [0.25, 0.3) is 0 Å². The molecular weight excluding hydrogens is 350 g/mol. The van der Waals surface area contributed by atoms with Gasteiger partial charge in [-0.15, -0.1) is 0 Å². The summed E-state index contributed by atoms with van der Waals surface area (Å²) in [6.45, 7) is 11.1. The van der Waals surface area contributed by atoms with Gasteiger partial charge in [-0.25, -0.2) is 0 Å². The lowest BCUT2D eigenvalue weighted by atomic mass is 10.0. The van der Waals surface area contributed by atoms with Crippen molar-refractivity contribution in [2.45, 2.75) is 58.5 Å². The number of rotatable bonds is 7. The maximum absolute atomic E-state index is 12.4. The van der Waals surface area contributed by atoms with Crippen LogP contribution in [0.1, 0.15) is 50.2 Å². The van der Waals surface area contributed by atoms with E-state index in [1.807, 2.05) is 0 Å². The molecule has 1 aromatic carbocycles. The number of hydrogen-bond acceptors (Lipinski definition) is 4. The summed E-state index contributed by atoms with van der Waals surface area (Å²) in [5.74, 6) is 1.17. The van der Waals surface area contributed by atoms with Crippen LogP contribution in [0.5, 0.6) is 5.75 Å². The number of methoxy groups -OCH3 is 1. The molecule has 0 bridgehead atoms. The Bertz CT molecular complexity index is 643. The van der Waals surface area contributed by atoms with Crippen LogP contribution in [0.3, 0.4) is 0 Å². The Hall–Kier alpha value is -1.59. The van der Waals surface area contributed by atoms with E-state index in [2.05, 4.69) is 39.8 Å². The van der Waals surface area contributed by atoms with Crippen molar-refractivity contribution in [1.82, 2.24) is 14.7 Å². The summed E-state index contributed by atoms with van der Waals surface area (Å²) in [6, 6.07) is 6.79. The number of benzene rings is 1. The molecule has 5 nitrogen and oxygen atoms in total. The van der Waals surface area contributed by atoms with E-state index in [1.54, 1.807) is 14.0 Å². The Balaban J connectivity index is 1.56. The number of carbonyl (C=O) groups is 1. The van der Waals surface area contributed by atoms with Crippen molar-refractivity contribution in [3.05, 3.63) is 29.3 Å². The van der Waals surface area contributed by atoms with Crippen LogP contribution in [0.4, 0.5) is 0 Å². The van der Waals surface area contributed by atoms with E-state index >= 15 is 0 Å². The van der Waals surface area contributed by atoms with Crippen LogP contribution in [-0.4, -0.2) is 73.0 Å². The molecule has 156 valence electrons. The molecule has 2 fully saturated rings. The van der Waals surface area contributed by atoms with Gasteiger partial charge in [0.25, 0.3) is 0 Å². The third-order valence-corrected chi connectivity index (χ3v) is 6.30. The van der Waals surface area contributed by atoms with Crippen LogP contribution < -0.4 is 4.74 Å². The molecule has 0 aliphatic carbocycles. The summed E-state index contributed by atoms with van der Waals surface area (Å²) >= 11 is 0. The zero-order chi connectivity index (χ0) is 19.9. The highest BCUT2D eigenvalue weighted by Crippen LogP contribution is 2.22. The molecule has 5 heteroatoms. The highest BCUT2D eigenvalue weighted by atomic mass is 16.5. The standard InChI is InChI=1S/C23H37N3O2/c1-19-16-21(9-10-23(19)28-3)17-25-13-7-8-22(18-25)26(20(2)27)15-14-24-11-5-4-6-12-24/h9-10,16,22H,4-8,11-15,17-18H2,1-3H3. The van der Waals surface area contributed by atoms with E-state index in [9.17, 15) is 4.79 Å². The minimum absolute atomic E-state index is 0.226. The van der Waals surface area contributed by atoms with Crippen LogP contribution in [0.2, 0.25) is 0 Å². The number of ether oxygens (including phenoxy) is 1. The van der Waals surface area contributed by atoms with E-state index in [0.29, 0.717) is 6.04 Å². The lowest BCUT2D eigenvalue weighted by Crippen LogP contribution is -2.51. The maximum Gasteiger partial charge on any atom is 0.219 e. The molecule has 0 spiro atoms. The Labute approximate surface area is 170 Å². The van der Waals surface area contributed by atoms with Gasteiger partial charge in [-0.3, -0.25) is 9.69 Å². The summed E-state index contributed by atoms with van der Waals surface area (Å²) < 4.78 is 5.38. The highest BCUT2D eigenvalue weighted by Gasteiger charge is 2.27. The van der Waals surface area contributed by atoms with Gasteiger partial charge in [0.2, 0.25) is 5.91 Å². The molecule has 0 saturated carbocycles. The summed E-state index contributed by atoms with van der Waals surface area (Å²) in [5, 5.41) is 0. The van der Waals surface area contributed by atoms with Crippen LogP contribution in [0, 0.1) is 6.92 Å². The van der Waals surface area contributed by atoms with E-state index in [4.69, 9.17) is 4.74 Å². The number of carbonyl (C=O) groups excluding carboxylic acids is 1. The number of likely N-dealkylation sites (tertiary alicyclic amines) is 2. The van der Waals surface area contributed by atoms with Gasteiger partial charge in [0.1, 0.15) is 5.75 Å². The molecule has 1 atom stereocenters. The minimum atomic E-state index is 0.226. The van der Waals surface area contributed by atoms with Gasteiger partial charge in [0.05, 0.1) is 7.11 Å². The zero-order valence-corrected chi connectivity index (χ0v) is 18.0. The first-order valence-electron chi connectivity index (χ1n) is 10.9. The first-order chi connectivity index (χ1) is 13.6. The van der Waals surface area contributed by atoms with Gasteiger partial charge in [0.15, 0.2) is 0 Å². The van der Waals surface area contributed by atoms with Gasteiger partial charge in [-0.05, 0) is 69.4 Å². The fourth-order valence-electron chi connectivity index (χ4n) is 4.76. The molecule has 2 heterocycles. The molecule has 2 aliphatic heterocycles. The van der Waals surface area contributed by atoms with Crippen molar-refractivity contribution < 1.29 is 9.53 Å². The first kappa shape index (κ1) is 21.1. The third kappa shape index (κ3) is 5.71. The molecule has 2 saturated heterocycles. The van der Waals surface area contributed by atoms with Crippen molar-refractivity contribution in [2.75, 3.05) is 46.4 Å². The van der Waals surface area contributed by atoms with Crippen molar-refractivity contribution in [2.24, 2.45) is 0 Å². The monoisotopic (exact) mass is 387 g/mol. The Morgan fingerprint density at radius 3 is 2.57 bits per heavy atom. The average molecular weight is 388 g/mol. The van der Waals surface area contributed by atoms with Crippen molar-refractivity contribution in [1.29, 1.82) is 0 Å². The largest absolute Gasteiger partial charge is 0.496 e. The minimum Gasteiger partial charge on any atom is -0.496 e. The quantitative estimate of drug-likeness (QED) is 0.719. The second-order valence-corrected chi connectivity index (χ2v) is 8.45. The number of amides is 1. The molecule has 0 aromatic heterocycles. The first-order valence-corrected chi connectivity index (χ1v) is 10.9. The topological polar surface area (TPSA) is 36.0 Å². The molecular formula is C23H37N3O2. The van der Waals surface area contributed by atoms with Crippen LogP contribution >= 0.6 is 0 Å². The number of aryl methyl sites for hydroxylation is 1. The SMILES string of the molecule is COc1ccc(CN2CCCC(N(CCN3CCCCC3)C(C)=O)C2)cc1C. The summed E-state index contributed by atoms with van der Waals surface area (Å²) in [6.07, 6.45) is 6.25. The molecule has 1 unspecified atom stereocenters. The van der Waals surface area contributed by atoms with E-state index in [0.717, 1.165) is 51.3 Å². The lowest BCUT2D eigenvalue weighted by molar-refractivity contribution is -0.132.